The van der Waals surface area contributed by atoms with Crippen molar-refractivity contribution < 1.29 is 13.2 Å². The molecule has 2 saturated carbocycles. The SMILES string of the molecule is CC1(C)[C@@H]2CC[C@@]1(S(=O)(=O)N1CCC3(CCc4ccccc43)CC1)[C@@H](NC(=O)Cc1cnc[nH]1)C2. The molecular weight excluding hydrogens is 460 g/mol. The Labute approximate surface area is 208 Å². The van der Waals surface area contributed by atoms with Crippen molar-refractivity contribution in [1.29, 1.82) is 0 Å². The van der Waals surface area contributed by atoms with Crippen LogP contribution < -0.4 is 5.32 Å². The number of benzene rings is 1. The highest BCUT2D eigenvalue weighted by Crippen LogP contribution is 2.64. The first-order valence-corrected chi connectivity index (χ1v) is 14.5. The lowest BCUT2D eigenvalue weighted by Crippen LogP contribution is -2.63. The second kappa shape index (κ2) is 7.90. The Hall–Kier alpha value is -2.19. The van der Waals surface area contributed by atoms with E-state index in [1.54, 1.807) is 16.8 Å². The van der Waals surface area contributed by atoms with Crippen LogP contribution in [0, 0.1) is 11.3 Å². The number of hydrogen-bond acceptors (Lipinski definition) is 4. The fourth-order valence-electron chi connectivity index (χ4n) is 8.21. The Kier molecular flexibility index (Phi) is 5.24. The van der Waals surface area contributed by atoms with Crippen LogP contribution in [0.2, 0.25) is 0 Å². The highest BCUT2D eigenvalue weighted by Gasteiger charge is 2.72. The van der Waals surface area contributed by atoms with E-state index in [-0.39, 0.29) is 29.2 Å². The molecule has 6 rings (SSSR count). The summed E-state index contributed by atoms with van der Waals surface area (Å²) in [4.78, 5) is 19.9. The van der Waals surface area contributed by atoms with Gasteiger partial charge >= 0.3 is 0 Å². The van der Waals surface area contributed by atoms with Crippen LogP contribution in [0.15, 0.2) is 36.8 Å². The number of rotatable bonds is 5. The van der Waals surface area contributed by atoms with Gasteiger partial charge in [0.25, 0.3) is 0 Å². The van der Waals surface area contributed by atoms with Crippen LogP contribution in [0.25, 0.3) is 0 Å². The monoisotopic (exact) mass is 496 g/mol. The van der Waals surface area contributed by atoms with Gasteiger partial charge in [0.15, 0.2) is 0 Å². The number of hydrogen-bond donors (Lipinski definition) is 2. The molecule has 1 spiro atoms. The zero-order valence-electron chi connectivity index (χ0n) is 20.7. The predicted molar refractivity (Wildman–Crippen MR) is 134 cm³/mol. The van der Waals surface area contributed by atoms with E-state index in [1.165, 1.54) is 11.1 Å². The summed E-state index contributed by atoms with van der Waals surface area (Å²) in [5, 5.41) is 3.16. The van der Waals surface area contributed by atoms with Gasteiger partial charge in [-0.1, -0.05) is 38.1 Å². The average molecular weight is 497 g/mol. The van der Waals surface area contributed by atoms with Gasteiger partial charge in [-0.05, 0) is 72.8 Å². The average Bonchev–Trinajstić information content (AvgIpc) is 3.57. The molecule has 3 fully saturated rings. The third-order valence-corrected chi connectivity index (χ3v) is 13.2. The number of nitrogens with zero attached hydrogens (tertiary/aromatic N) is 2. The van der Waals surface area contributed by atoms with Gasteiger partial charge < -0.3 is 10.3 Å². The van der Waals surface area contributed by atoms with Crippen LogP contribution in [-0.4, -0.2) is 52.5 Å². The number of aromatic nitrogens is 2. The van der Waals surface area contributed by atoms with Crippen LogP contribution in [0.4, 0.5) is 0 Å². The van der Waals surface area contributed by atoms with E-state index < -0.39 is 14.8 Å². The number of nitrogens with one attached hydrogen (secondary N) is 2. The summed E-state index contributed by atoms with van der Waals surface area (Å²) in [6.07, 6.45) is 9.59. The standard InChI is InChI=1S/C27H36N4O3S/c1-25(2)20-8-10-27(25,23(15-20)30-24(32)16-21-17-28-18-29-21)35(33,34)31-13-11-26(12-14-31)9-7-19-5-3-4-6-22(19)26/h3-6,17-18,20,23H,7-16H2,1-2H3,(H,28,29)(H,30,32)/t20-,23+,27-/m1/s1. The highest BCUT2D eigenvalue weighted by molar-refractivity contribution is 7.90. The van der Waals surface area contributed by atoms with E-state index in [4.69, 9.17) is 0 Å². The third-order valence-electron chi connectivity index (χ3n) is 10.2. The van der Waals surface area contributed by atoms with Crippen molar-refractivity contribution in [2.24, 2.45) is 11.3 Å². The van der Waals surface area contributed by atoms with Gasteiger partial charge in [-0.15, -0.1) is 0 Å². The molecule has 1 aliphatic heterocycles. The number of imidazole rings is 1. The minimum atomic E-state index is -3.62. The maximum atomic E-state index is 14.5. The van der Waals surface area contributed by atoms with Crippen LogP contribution in [-0.2, 0) is 33.1 Å². The van der Waals surface area contributed by atoms with Gasteiger partial charge in [0.1, 0.15) is 4.75 Å². The molecule has 0 unspecified atom stereocenters. The topological polar surface area (TPSA) is 95.2 Å². The number of aromatic amines is 1. The molecule has 3 aliphatic carbocycles. The Balaban J connectivity index is 1.25. The Morgan fingerprint density at radius 3 is 2.66 bits per heavy atom. The molecule has 0 radical (unpaired) electrons. The van der Waals surface area contributed by atoms with Crippen LogP contribution in [0.5, 0.6) is 0 Å². The van der Waals surface area contributed by atoms with Crippen molar-refractivity contribution in [2.75, 3.05) is 13.1 Å². The molecule has 1 aromatic heterocycles. The highest BCUT2D eigenvalue weighted by atomic mass is 32.2. The number of amides is 1. The summed E-state index contributed by atoms with van der Waals surface area (Å²) in [5.41, 5.74) is 3.33. The zero-order chi connectivity index (χ0) is 24.5. The Morgan fingerprint density at radius 1 is 1.17 bits per heavy atom. The van der Waals surface area contributed by atoms with E-state index in [2.05, 4.69) is 53.4 Å². The summed E-state index contributed by atoms with van der Waals surface area (Å²) < 4.78 is 29.8. The van der Waals surface area contributed by atoms with Gasteiger partial charge in [0.05, 0.1) is 18.8 Å². The lowest BCUT2D eigenvalue weighted by Gasteiger charge is -2.47. The normalized spacial score (nSPS) is 31.0. The largest absolute Gasteiger partial charge is 0.351 e. The fourth-order valence-corrected chi connectivity index (χ4v) is 11.1. The molecule has 8 heteroatoms. The minimum Gasteiger partial charge on any atom is -0.351 e. The van der Waals surface area contributed by atoms with Crippen molar-refractivity contribution in [1.82, 2.24) is 19.6 Å². The lowest BCUT2D eigenvalue weighted by atomic mass is 9.74. The fraction of sp³-hybridized carbons (Fsp3) is 0.630. The van der Waals surface area contributed by atoms with Gasteiger partial charge in [-0.2, -0.15) is 0 Å². The second-order valence-electron chi connectivity index (χ2n) is 11.8. The second-order valence-corrected chi connectivity index (χ2v) is 14.0. The van der Waals surface area contributed by atoms with Gasteiger partial charge in [-0.3, -0.25) is 4.79 Å². The lowest BCUT2D eigenvalue weighted by molar-refractivity contribution is -0.121. The number of H-pyrrole nitrogens is 1. The predicted octanol–water partition coefficient (Wildman–Crippen LogP) is 3.33. The van der Waals surface area contributed by atoms with Crippen molar-refractivity contribution in [2.45, 2.75) is 81.4 Å². The molecule has 2 bridgehead atoms. The first-order chi connectivity index (χ1) is 16.7. The van der Waals surface area contributed by atoms with Gasteiger partial charge in [0, 0.05) is 25.0 Å². The third kappa shape index (κ3) is 3.21. The number of piperidine rings is 1. The smallest absolute Gasteiger partial charge is 0.226 e. The molecule has 1 saturated heterocycles. The summed E-state index contributed by atoms with van der Waals surface area (Å²) in [5.74, 6) is 0.157. The van der Waals surface area contributed by atoms with E-state index in [9.17, 15) is 13.2 Å². The van der Waals surface area contributed by atoms with Gasteiger partial charge in [0.2, 0.25) is 15.9 Å². The number of aryl methyl sites for hydroxylation is 1. The molecule has 188 valence electrons. The quantitative estimate of drug-likeness (QED) is 0.664. The van der Waals surface area contributed by atoms with Crippen LogP contribution in [0.3, 0.4) is 0 Å². The molecule has 2 N–H and O–H groups in total. The van der Waals surface area contributed by atoms with Crippen molar-refractivity contribution in [3.8, 4) is 0 Å². The summed E-state index contributed by atoms with van der Waals surface area (Å²) in [7, 11) is -3.62. The summed E-state index contributed by atoms with van der Waals surface area (Å²) in [6.45, 7) is 5.35. The maximum Gasteiger partial charge on any atom is 0.226 e. The molecule has 35 heavy (non-hydrogen) atoms. The van der Waals surface area contributed by atoms with E-state index in [0.717, 1.165) is 44.2 Å². The minimum absolute atomic E-state index is 0.112. The van der Waals surface area contributed by atoms with Crippen molar-refractivity contribution in [3.63, 3.8) is 0 Å². The molecule has 1 amide bonds. The van der Waals surface area contributed by atoms with Crippen LogP contribution >= 0.6 is 0 Å². The van der Waals surface area contributed by atoms with E-state index in [0.29, 0.717) is 25.4 Å². The van der Waals surface area contributed by atoms with Gasteiger partial charge in [-0.25, -0.2) is 17.7 Å². The van der Waals surface area contributed by atoms with E-state index in [1.807, 2.05) is 0 Å². The molecule has 4 aliphatic rings. The number of carbonyl (C=O) groups is 1. The molecule has 1 aromatic carbocycles. The van der Waals surface area contributed by atoms with Crippen molar-refractivity contribution in [3.05, 3.63) is 53.6 Å². The molecular formula is C27H36N4O3S. The Bertz CT molecular complexity index is 1230. The van der Waals surface area contributed by atoms with E-state index >= 15 is 0 Å². The molecule has 3 atom stereocenters. The number of sulfonamides is 1. The van der Waals surface area contributed by atoms with Crippen LogP contribution in [0.1, 0.15) is 69.2 Å². The first-order valence-electron chi connectivity index (χ1n) is 13.0. The first kappa shape index (κ1) is 23.2. The summed E-state index contributed by atoms with van der Waals surface area (Å²) in [6, 6.07) is 8.33. The Morgan fingerprint density at radius 2 is 1.94 bits per heavy atom. The molecule has 7 nitrogen and oxygen atoms in total. The molecule has 2 aromatic rings. The summed E-state index contributed by atoms with van der Waals surface area (Å²) >= 11 is 0. The van der Waals surface area contributed by atoms with Crippen molar-refractivity contribution >= 4 is 15.9 Å². The number of carbonyl (C=O) groups excluding carboxylic acids is 1. The molecule has 2 heterocycles. The zero-order valence-corrected chi connectivity index (χ0v) is 21.5. The maximum absolute atomic E-state index is 14.5. The number of fused-ring (bicyclic) bond motifs is 4.